The monoisotopic (exact) mass is 273 g/mol. The first-order chi connectivity index (χ1) is 8.08. The van der Waals surface area contributed by atoms with Gasteiger partial charge >= 0.3 is 0 Å². The van der Waals surface area contributed by atoms with Gasteiger partial charge in [0.15, 0.2) is 5.82 Å². The van der Waals surface area contributed by atoms with E-state index in [9.17, 15) is 4.39 Å². The molecular formula is C11H10Cl2FN3. The van der Waals surface area contributed by atoms with Crippen LogP contribution in [-0.2, 0) is 13.6 Å². The van der Waals surface area contributed by atoms with Crippen LogP contribution in [0.25, 0.3) is 0 Å². The second-order valence-corrected chi connectivity index (χ2v) is 4.42. The van der Waals surface area contributed by atoms with Gasteiger partial charge in [0, 0.05) is 18.9 Å². The first kappa shape index (κ1) is 12.2. The van der Waals surface area contributed by atoms with Crippen LogP contribution in [0.15, 0.2) is 24.7 Å². The van der Waals surface area contributed by atoms with Crippen LogP contribution >= 0.6 is 23.2 Å². The molecule has 0 radical (unpaired) electrons. The topological polar surface area (TPSA) is 29.9 Å². The van der Waals surface area contributed by atoms with Crippen LogP contribution in [0.4, 0.5) is 10.1 Å². The molecule has 2 aromatic rings. The van der Waals surface area contributed by atoms with Crippen molar-refractivity contribution in [2.45, 2.75) is 6.54 Å². The summed E-state index contributed by atoms with van der Waals surface area (Å²) < 4.78 is 15.1. The largest absolute Gasteiger partial charge is 0.379 e. The predicted molar refractivity (Wildman–Crippen MR) is 67.0 cm³/mol. The lowest BCUT2D eigenvalue weighted by atomic mass is 10.3. The number of imidazole rings is 1. The Hall–Kier alpha value is -1.26. The molecule has 0 aliphatic rings. The standard InChI is InChI=1S/C11H10Cl2FN3/c1-17-6-15-4-8(17)5-16-7-2-9(12)11(14)10(13)3-7/h2-4,6,16H,5H2,1H3. The zero-order valence-electron chi connectivity index (χ0n) is 9.04. The fraction of sp³-hybridized carbons (Fsp3) is 0.182. The average Bonchev–Trinajstić information content (AvgIpc) is 2.69. The van der Waals surface area contributed by atoms with Crippen molar-refractivity contribution in [1.82, 2.24) is 9.55 Å². The van der Waals surface area contributed by atoms with Crippen molar-refractivity contribution in [3.05, 3.63) is 46.2 Å². The number of rotatable bonds is 3. The third-order valence-electron chi connectivity index (χ3n) is 2.37. The molecular weight excluding hydrogens is 264 g/mol. The number of nitrogens with one attached hydrogen (secondary N) is 1. The minimum atomic E-state index is -0.598. The number of aryl methyl sites for hydroxylation is 1. The van der Waals surface area contributed by atoms with Crippen molar-refractivity contribution < 1.29 is 4.39 Å². The van der Waals surface area contributed by atoms with E-state index in [1.807, 2.05) is 11.6 Å². The summed E-state index contributed by atoms with van der Waals surface area (Å²) in [5, 5.41) is 3.11. The van der Waals surface area contributed by atoms with Gasteiger partial charge in [-0.1, -0.05) is 23.2 Å². The average molecular weight is 274 g/mol. The number of hydrogen-bond acceptors (Lipinski definition) is 2. The molecule has 1 N–H and O–H groups in total. The van der Waals surface area contributed by atoms with E-state index in [2.05, 4.69) is 10.3 Å². The van der Waals surface area contributed by atoms with E-state index in [1.54, 1.807) is 12.5 Å². The molecule has 1 aromatic carbocycles. The lowest BCUT2D eigenvalue weighted by molar-refractivity contribution is 0.629. The molecule has 0 fully saturated rings. The summed E-state index contributed by atoms with van der Waals surface area (Å²) in [7, 11) is 1.90. The normalized spacial score (nSPS) is 10.6. The van der Waals surface area contributed by atoms with Crippen LogP contribution in [-0.4, -0.2) is 9.55 Å². The Kier molecular flexibility index (Phi) is 3.54. The van der Waals surface area contributed by atoms with Crippen molar-refractivity contribution in [3.63, 3.8) is 0 Å². The maximum atomic E-state index is 13.2. The molecule has 3 nitrogen and oxygen atoms in total. The molecule has 0 unspecified atom stereocenters. The van der Waals surface area contributed by atoms with Crippen LogP contribution < -0.4 is 5.32 Å². The zero-order chi connectivity index (χ0) is 12.4. The molecule has 90 valence electrons. The van der Waals surface area contributed by atoms with Crippen LogP contribution in [0.5, 0.6) is 0 Å². The number of hydrogen-bond donors (Lipinski definition) is 1. The highest BCUT2D eigenvalue weighted by molar-refractivity contribution is 6.35. The molecule has 0 aliphatic carbocycles. The molecule has 17 heavy (non-hydrogen) atoms. The first-order valence-electron chi connectivity index (χ1n) is 4.91. The van der Waals surface area contributed by atoms with Crippen LogP contribution in [0.3, 0.4) is 0 Å². The molecule has 0 atom stereocenters. The highest BCUT2D eigenvalue weighted by Gasteiger charge is 2.07. The number of nitrogens with zero attached hydrogens (tertiary/aromatic N) is 2. The SMILES string of the molecule is Cn1cncc1CNc1cc(Cl)c(F)c(Cl)c1. The Balaban J connectivity index is 2.12. The van der Waals surface area contributed by atoms with Crippen molar-refractivity contribution >= 4 is 28.9 Å². The van der Waals surface area contributed by atoms with Crippen molar-refractivity contribution in [3.8, 4) is 0 Å². The minimum Gasteiger partial charge on any atom is -0.379 e. The summed E-state index contributed by atoms with van der Waals surface area (Å²) in [5.74, 6) is -0.598. The van der Waals surface area contributed by atoms with Gasteiger partial charge in [-0.2, -0.15) is 0 Å². The third kappa shape index (κ3) is 2.70. The van der Waals surface area contributed by atoms with Crippen molar-refractivity contribution in [1.29, 1.82) is 0 Å². The lowest BCUT2D eigenvalue weighted by Crippen LogP contribution is -2.04. The molecule has 0 saturated carbocycles. The lowest BCUT2D eigenvalue weighted by Gasteiger charge is -2.08. The molecule has 1 heterocycles. The third-order valence-corrected chi connectivity index (χ3v) is 2.92. The van der Waals surface area contributed by atoms with E-state index in [1.165, 1.54) is 12.1 Å². The summed E-state index contributed by atoms with van der Waals surface area (Å²) in [4.78, 5) is 3.99. The van der Waals surface area contributed by atoms with Gasteiger partial charge < -0.3 is 9.88 Å². The molecule has 6 heteroatoms. The highest BCUT2D eigenvalue weighted by Crippen LogP contribution is 2.27. The predicted octanol–water partition coefficient (Wildman–Crippen LogP) is 3.48. The number of anilines is 1. The fourth-order valence-corrected chi connectivity index (χ4v) is 1.89. The first-order valence-corrected chi connectivity index (χ1v) is 5.67. The van der Waals surface area contributed by atoms with Gasteiger partial charge in [0.05, 0.1) is 28.6 Å². The van der Waals surface area contributed by atoms with E-state index in [-0.39, 0.29) is 10.0 Å². The van der Waals surface area contributed by atoms with Crippen LogP contribution in [0.1, 0.15) is 5.69 Å². The number of aromatic nitrogens is 2. The van der Waals surface area contributed by atoms with Gasteiger partial charge in [0.25, 0.3) is 0 Å². The molecule has 2 rings (SSSR count). The summed E-state index contributed by atoms with van der Waals surface area (Å²) in [6.45, 7) is 0.564. The molecule has 0 bridgehead atoms. The Labute approximate surface area is 108 Å². The van der Waals surface area contributed by atoms with E-state index in [4.69, 9.17) is 23.2 Å². The van der Waals surface area contributed by atoms with Crippen molar-refractivity contribution in [2.24, 2.45) is 7.05 Å². The summed E-state index contributed by atoms with van der Waals surface area (Å²) >= 11 is 11.4. The Morgan fingerprint density at radius 3 is 2.53 bits per heavy atom. The van der Waals surface area contributed by atoms with Gasteiger partial charge in [0.1, 0.15) is 0 Å². The van der Waals surface area contributed by atoms with E-state index in [0.29, 0.717) is 12.2 Å². The quantitative estimate of drug-likeness (QED) is 0.868. The summed E-state index contributed by atoms with van der Waals surface area (Å²) in [6, 6.07) is 3.00. The van der Waals surface area contributed by atoms with Gasteiger partial charge in [0.2, 0.25) is 0 Å². The maximum absolute atomic E-state index is 13.2. The van der Waals surface area contributed by atoms with E-state index in [0.717, 1.165) is 5.69 Å². The highest BCUT2D eigenvalue weighted by atomic mass is 35.5. The molecule has 1 aromatic heterocycles. The fourth-order valence-electron chi connectivity index (χ4n) is 1.41. The minimum absolute atomic E-state index is 0.00464. The Morgan fingerprint density at radius 2 is 2.00 bits per heavy atom. The smallest absolute Gasteiger partial charge is 0.160 e. The Bertz CT molecular complexity index is 516. The number of benzene rings is 1. The molecule has 0 saturated heterocycles. The summed E-state index contributed by atoms with van der Waals surface area (Å²) in [5.41, 5.74) is 1.67. The van der Waals surface area contributed by atoms with Gasteiger partial charge in [-0.05, 0) is 12.1 Å². The second-order valence-electron chi connectivity index (χ2n) is 3.60. The Morgan fingerprint density at radius 1 is 1.35 bits per heavy atom. The van der Waals surface area contributed by atoms with Gasteiger partial charge in [-0.25, -0.2) is 9.37 Å². The maximum Gasteiger partial charge on any atom is 0.160 e. The van der Waals surface area contributed by atoms with E-state index >= 15 is 0 Å². The molecule has 0 aliphatic heterocycles. The van der Waals surface area contributed by atoms with Crippen molar-refractivity contribution in [2.75, 3.05) is 5.32 Å². The van der Waals surface area contributed by atoms with E-state index < -0.39 is 5.82 Å². The van der Waals surface area contributed by atoms with Crippen LogP contribution in [0, 0.1) is 5.82 Å². The van der Waals surface area contributed by atoms with Gasteiger partial charge in [-0.3, -0.25) is 0 Å². The summed E-state index contributed by atoms with van der Waals surface area (Å²) in [6.07, 6.45) is 3.46. The molecule has 0 spiro atoms. The van der Waals surface area contributed by atoms with Gasteiger partial charge in [-0.15, -0.1) is 0 Å². The molecule has 0 amide bonds. The number of halogens is 3. The second kappa shape index (κ2) is 4.94. The zero-order valence-corrected chi connectivity index (χ0v) is 10.6. The van der Waals surface area contributed by atoms with Crippen LogP contribution in [0.2, 0.25) is 10.0 Å².